The Hall–Kier alpha value is -1.36. The number of nitrogens with zero attached hydrogens (tertiary/aromatic N) is 3. The third kappa shape index (κ3) is 3.64. The summed E-state index contributed by atoms with van der Waals surface area (Å²) in [5.41, 5.74) is 0.897. The van der Waals surface area contributed by atoms with Gasteiger partial charge in [-0.15, -0.1) is 0 Å². The van der Waals surface area contributed by atoms with Crippen molar-refractivity contribution in [2.45, 2.75) is 39.5 Å². The summed E-state index contributed by atoms with van der Waals surface area (Å²) >= 11 is 6.24. The maximum Gasteiger partial charge on any atom is 0.224 e. The molecule has 1 aliphatic heterocycles. The maximum absolute atomic E-state index is 11.9. The predicted octanol–water partition coefficient (Wildman–Crippen LogP) is 2.35. The quantitative estimate of drug-likeness (QED) is 0.867. The van der Waals surface area contributed by atoms with Gasteiger partial charge in [-0.3, -0.25) is 4.79 Å². The summed E-state index contributed by atoms with van der Waals surface area (Å²) in [6.45, 7) is 5.64. The number of nitrogens with one attached hydrogen (secondary N) is 1. The average Bonchev–Trinajstić information content (AvgIpc) is 2.50. The molecule has 1 fully saturated rings. The highest BCUT2D eigenvalue weighted by Crippen LogP contribution is 2.28. The molecule has 0 saturated carbocycles. The van der Waals surface area contributed by atoms with Gasteiger partial charge in [-0.1, -0.05) is 18.5 Å². The second-order valence-corrected chi connectivity index (χ2v) is 5.89. The number of carbonyl (C=O) groups excluding carboxylic acids is 1. The van der Waals surface area contributed by atoms with Crippen LogP contribution < -0.4 is 10.2 Å². The van der Waals surface area contributed by atoms with E-state index in [1.165, 1.54) is 0 Å². The number of rotatable bonds is 4. The van der Waals surface area contributed by atoms with Gasteiger partial charge >= 0.3 is 0 Å². The molecule has 1 amide bonds. The van der Waals surface area contributed by atoms with Gasteiger partial charge in [0.05, 0.1) is 5.92 Å². The fourth-order valence-corrected chi connectivity index (χ4v) is 2.93. The first-order chi connectivity index (χ1) is 10.1. The van der Waals surface area contributed by atoms with E-state index in [4.69, 9.17) is 11.6 Å². The number of aryl methyl sites for hydroxylation is 1. The first-order valence-corrected chi connectivity index (χ1v) is 7.94. The highest BCUT2D eigenvalue weighted by Gasteiger charge is 2.27. The van der Waals surface area contributed by atoms with Crippen molar-refractivity contribution in [1.82, 2.24) is 15.3 Å². The molecule has 1 aromatic rings. The molecule has 1 aliphatic rings. The summed E-state index contributed by atoms with van der Waals surface area (Å²) in [7, 11) is 1.69. The van der Waals surface area contributed by atoms with Gasteiger partial charge in [-0.25, -0.2) is 9.97 Å². The Morgan fingerprint density at radius 3 is 2.90 bits per heavy atom. The predicted molar refractivity (Wildman–Crippen MR) is 84.8 cm³/mol. The van der Waals surface area contributed by atoms with E-state index in [2.05, 4.69) is 27.1 Å². The standard InChI is InChI=1S/C15H23ClN4O/c1-4-6-12-18-13(16)10(2)14(19-12)20-8-5-7-11(9-20)15(21)17-3/h11H,4-9H2,1-3H3,(H,17,21). The van der Waals surface area contributed by atoms with Gasteiger partial charge in [0, 0.05) is 32.1 Å². The van der Waals surface area contributed by atoms with Crippen LogP contribution in [0.25, 0.3) is 0 Å². The van der Waals surface area contributed by atoms with Gasteiger partial charge in [0.1, 0.15) is 16.8 Å². The van der Waals surface area contributed by atoms with Gasteiger partial charge in [0.2, 0.25) is 5.91 Å². The number of halogens is 1. The molecule has 0 radical (unpaired) electrons. The SMILES string of the molecule is CCCc1nc(Cl)c(C)c(N2CCCC(C(=O)NC)C2)n1. The van der Waals surface area contributed by atoms with E-state index in [0.29, 0.717) is 11.7 Å². The van der Waals surface area contributed by atoms with E-state index in [0.717, 1.165) is 49.4 Å². The summed E-state index contributed by atoms with van der Waals surface area (Å²) < 4.78 is 0. The zero-order valence-corrected chi connectivity index (χ0v) is 13.7. The van der Waals surface area contributed by atoms with Crippen LogP contribution in [0.2, 0.25) is 5.15 Å². The Balaban J connectivity index is 2.25. The summed E-state index contributed by atoms with van der Waals surface area (Å²) in [4.78, 5) is 23.0. The zero-order valence-electron chi connectivity index (χ0n) is 12.9. The van der Waals surface area contributed by atoms with Crippen LogP contribution in [-0.4, -0.2) is 36.0 Å². The lowest BCUT2D eigenvalue weighted by molar-refractivity contribution is -0.124. The van der Waals surface area contributed by atoms with Crippen molar-refractivity contribution in [3.8, 4) is 0 Å². The Morgan fingerprint density at radius 1 is 1.48 bits per heavy atom. The first-order valence-electron chi connectivity index (χ1n) is 7.56. The summed E-state index contributed by atoms with van der Waals surface area (Å²) in [6.07, 6.45) is 3.72. The first kappa shape index (κ1) is 16.0. The van der Waals surface area contributed by atoms with E-state index in [1.807, 2.05) is 6.92 Å². The van der Waals surface area contributed by atoms with Gasteiger partial charge in [0.25, 0.3) is 0 Å². The molecule has 2 heterocycles. The molecule has 21 heavy (non-hydrogen) atoms. The van der Waals surface area contributed by atoms with E-state index in [1.54, 1.807) is 7.05 Å². The number of anilines is 1. The van der Waals surface area contributed by atoms with E-state index < -0.39 is 0 Å². The fraction of sp³-hybridized carbons (Fsp3) is 0.667. The van der Waals surface area contributed by atoms with Crippen molar-refractivity contribution in [3.63, 3.8) is 0 Å². The van der Waals surface area contributed by atoms with Crippen molar-refractivity contribution in [2.75, 3.05) is 25.0 Å². The third-order valence-electron chi connectivity index (χ3n) is 3.92. The van der Waals surface area contributed by atoms with E-state index in [9.17, 15) is 4.79 Å². The van der Waals surface area contributed by atoms with Gasteiger partial charge in [-0.2, -0.15) is 0 Å². The number of piperidine rings is 1. The minimum Gasteiger partial charge on any atom is -0.359 e. The molecule has 1 N–H and O–H groups in total. The number of amides is 1. The molecule has 6 heteroatoms. The Kier molecular flexibility index (Phi) is 5.39. The Bertz CT molecular complexity index is 521. The Labute approximate surface area is 131 Å². The van der Waals surface area contributed by atoms with Crippen molar-refractivity contribution in [3.05, 3.63) is 16.5 Å². The van der Waals surface area contributed by atoms with Crippen LogP contribution in [0.5, 0.6) is 0 Å². The van der Waals surface area contributed by atoms with Crippen LogP contribution in [0.3, 0.4) is 0 Å². The topological polar surface area (TPSA) is 58.1 Å². The molecule has 1 atom stereocenters. The number of aromatic nitrogens is 2. The minimum absolute atomic E-state index is 0.0199. The molecule has 5 nitrogen and oxygen atoms in total. The third-order valence-corrected chi connectivity index (χ3v) is 4.29. The maximum atomic E-state index is 11.9. The summed E-state index contributed by atoms with van der Waals surface area (Å²) in [5.74, 6) is 1.79. The van der Waals surface area contributed by atoms with Crippen molar-refractivity contribution < 1.29 is 4.79 Å². The van der Waals surface area contributed by atoms with Crippen LogP contribution in [0.4, 0.5) is 5.82 Å². The van der Waals surface area contributed by atoms with Crippen LogP contribution in [0, 0.1) is 12.8 Å². The largest absolute Gasteiger partial charge is 0.359 e. The lowest BCUT2D eigenvalue weighted by atomic mass is 9.97. The molecular weight excluding hydrogens is 288 g/mol. The van der Waals surface area contributed by atoms with Crippen LogP contribution >= 0.6 is 11.6 Å². The second-order valence-electron chi connectivity index (χ2n) is 5.53. The molecule has 1 saturated heterocycles. The van der Waals surface area contributed by atoms with Crippen LogP contribution in [-0.2, 0) is 11.2 Å². The smallest absolute Gasteiger partial charge is 0.224 e. The summed E-state index contributed by atoms with van der Waals surface area (Å²) in [6, 6.07) is 0. The zero-order chi connectivity index (χ0) is 15.4. The van der Waals surface area contributed by atoms with Gasteiger partial charge in [0.15, 0.2) is 0 Å². The van der Waals surface area contributed by atoms with Gasteiger partial charge in [-0.05, 0) is 26.2 Å². The minimum atomic E-state index is 0.0199. The monoisotopic (exact) mass is 310 g/mol. The fourth-order valence-electron chi connectivity index (χ4n) is 2.75. The molecule has 2 rings (SSSR count). The molecular formula is C15H23ClN4O. The highest BCUT2D eigenvalue weighted by molar-refractivity contribution is 6.30. The highest BCUT2D eigenvalue weighted by atomic mass is 35.5. The molecule has 1 aromatic heterocycles. The molecule has 0 aliphatic carbocycles. The molecule has 1 unspecified atom stereocenters. The van der Waals surface area contributed by atoms with Crippen LogP contribution in [0.1, 0.15) is 37.6 Å². The average molecular weight is 311 g/mol. The molecule has 0 aromatic carbocycles. The molecule has 0 bridgehead atoms. The van der Waals surface area contributed by atoms with E-state index >= 15 is 0 Å². The van der Waals surface area contributed by atoms with Crippen molar-refractivity contribution in [2.24, 2.45) is 5.92 Å². The van der Waals surface area contributed by atoms with Crippen LogP contribution in [0.15, 0.2) is 0 Å². The normalized spacial score (nSPS) is 18.7. The molecule has 116 valence electrons. The van der Waals surface area contributed by atoms with Crippen molar-refractivity contribution in [1.29, 1.82) is 0 Å². The summed E-state index contributed by atoms with van der Waals surface area (Å²) in [5, 5.41) is 3.26. The van der Waals surface area contributed by atoms with Gasteiger partial charge < -0.3 is 10.2 Å². The second kappa shape index (κ2) is 7.07. The number of hydrogen-bond donors (Lipinski definition) is 1. The Morgan fingerprint density at radius 2 is 2.24 bits per heavy atom. The lowest BCUT2D eigenvalue weighted by Crippen LogP contribution is -2.42. The molecule has 0 spiro atoms. The van der Waals surface area contributed by atoms with E-state index in [-0.39, 0.29) is 11.8 Å². The number of carbonyl (C=O) groups is 1. The number of hydrogen-bond acceptors (Lipinski definition) is 4. The van der Waals surface area contributed by atoms with Crippen molar-refractivity contribution >= 4 is 23.3 Å². The lowest BCUT2D eigenvalue weighted by Gasteiger charge is -2.33.